The summed E-state index contributed by atoms with van der Waals surface area (Å²) in [5.74, 6) is 0.429. The highest BCUT2D eigenvalue weighted by Gasteiger charge is 2.32. The van der Waals surface area contributed by atoms with Crippen molar-refractivity contribution < 1.29 is 8.42 Å². The van der Waals surface area contributed by atoms with Crippen LogP contribution in [-0.4, -0.2) is 31.1 Å². The van der Waals surface area contributed by atoms with E-state index in [2.05, 4.69) is 31.9 Å². The number of sulfonamides is 1. The van der Waals surface area contributed by atoms with Gasteiger partial charge in [0.1, 0.15) is 4.90 Å². The Bertz CT molecular complexity index is 573. The van der Waals surface area contributed by atoms with Crippen molar-refractivity contribution in [1.29, 1.82) is 0 Å². The van der Waals surface area contributed by atoms with Crippen LogP contribution in [-0.2, 0) is 10.0 Å². The first-order valence-electron chi connectivity index (χ1n) is 5.86. The Labute approximate surface area is 135 Å². The lowest BCUT2D eigenvalue weighted by molar-refractivity contribution is 0.275. The van der Waals surface area contributed by atoms with Crippen LogP contribution in [0.4, 0.5) is 0 Å². The molecule has 0 heterocycles. The highest BCUT2D eigenvalue weighted by molar-refractivity contribution is 9.10. The second kappa shape index (κ2) is 6.02. The zero-order chi connectivity index (χ0) is 14.2. The minimum Gasteiger partial charge on any atom is -0.207 e. The molecule has 3 nitrogen and oxygen atoms in total. The predicted molar refractivity (Wildman–Crippen MR) is 84.4 cm³/mol. The van der Waals surface area contributed by atoms with E-state index in [9.17, 15) is 8.42 Å². The van der Waals surface area contributed by atoms with E-state index < -0.39 is 10.0 Å². The van der Waals surface area contributed by atoms with Crippen LogP contribution in [0.5, 0.6) is 0 Å². The molecule has 19 heavy (non-hydrogen) atoms. The van der Waals surface area contributed by atoms with Crippen molar-refractivity contribution in [2.45, 2.75) is 22.6 Å². The second-order valence-electron chi connectivity index (χ2n) is 4.79. The van der Waals surface area contributed by atoms with Crippen molar-refractivity contribution in [3.05, 3.63) is 27.7 Å². The molecule has 1 aromatic carbocycles. The molecule has 7 heteroatoms. The van der Waals surface area contributed by atoms with Gasteiger partial charge in [-0.15, -0.1) is 0 Å². The van der Waals surface area contributed by atoms with Crippen molar-refractivity contribution in [1.82, 2.24) is 4.31 Å². The standard InChI is InChI=1S/C12H14Br2ClNO2S/c1-16(7-8-4-10(14)5-8)19(17,18)12-3-2-9(13)6-11(12)15/h2-3,6,8,10H,4-5,7H2,1H3. The Morgan fingerprint density at radius 1 is 1.42 bits per heavy atom. The molecule has 0 atom stereocenters. The van der Waals surface area contributed by atoms with Crippen molar-refractivity contribution in [2.75, 3.05) is 13.6 Å². The molecule has 0 N–H and O–H groups in total. The molecule has 0 bridgehead atoms. The van der Waals surface area contributed by atoms with E-state index in [4.69, 9.17) is 11.6 Å². The molecule has 1 saturated carbocycles. The largest absolute Gasteiger partial charge is 0.244 e. The lowest BCUT2D eigenvalue weighted by Crippen LogP contribution is -2.37. The lowest BCUT2D eigenvalue weighted by Gasteiger charge is -2.34. The molecular formula is C12H14Br2ClNO2S. The van der Waals surface area contributed by atoms with Gasteiger partial charge in [-0.25, -0.2) is 12.7 Å². The van der Waals surface area contributed by atoms with E-state index in [-0.39, 0.29) is 9.92 Å². The number of rotatable bonds is 4. The lowest BCUT2D eigenvalue weighted by atomic mass is 9.85. The van der Waals surface area contributed by atoms with Gasteiger partial charge in [-0.05, 0) is 37.0 Å². The third kappa shape index (κ3) is 3.53. The average Bonchev–Trinajstić information content (AvgIpc) is 2.26. The minimum absolute atomic E-state index is 0.162. The summed E-state index contributed by atoms with van der Waals surface area (Å²) in [7, 11) is -1.90. The van der Waals surface area contributed by atoms with Crippen LogP contribution in [0.2, 0.25) is 5.02 Å². The Kier molecular flexibility index (Phi) is 4.99. The van der Waals surface area contributed by atoms with Crippen molar-refractivity contribution >= 4 is 53.5 Å². The highest BCUT2D eigenvalue weighted by Crippen LogP contribution is 2.35. The molecule has 0 aromatic heterocycles. The first kappa shape index (κ1) is 15.8. The van der Waals surface area contributed by atoms with Crippen LogP contribution >= 0.6 is 43.5 Å². The molecule has 0 unspecified atom stereocenters. The smallest absolute Gasteiger partial charge is 0.207 e. The number of alkyl halides is 1. The minimum atomic E-state index is -3.51. The summed E-state index contributed by atoms with van der Waals surface area (Å²) in [6.45, 7) is 0.539. The third-order valence-corrected chi connectivity index (χ3v) is 6.82. The number of hydrogen-bond donors (Lipinski definition) is 0. The van der Waals surface area contributed by atoms with Crippen molar-refractivity contribution in [3.63, 3.8) is 0 Å². The summed E-state index contributed by atoms with van der Waals surface area (Å²) in [6, 6.07) is 4.82. The normalized spacial score (nSPS) is 23.4. The van der Waals surface area contributed by atoms with Gasteiger partial charge >= 0.3 is 0 Å². The van der Waals surface area contributed by atoms with E-state index in [0.717, 1.165) is 17.3 Å². The number of halogens is 3. The number of hydrogen-bond acceptors (Lipinski definition) is 2. The van der Waals surface area contributed by atoms with Gasteiger partial charge in [-0.2, -0.15) is 0 Å². The topological polar surface area (TPSA) is 37.4 Å². The monoisotopic (exact) mass is 429 g/mol. The maximum Gasteiger partial charge on any atom is 0.244 e. The molecule has 1 aliphatic carbocycles. The van der Waals surface area contributed by atoms with Crippen molar-refractivity contribution in [2.24, 2.45) is 5.92 Å². The molecule has 0 aliphatic heterocycles. The van der Waals surface area contributed by atoms with E-state index in [1.54, 1.807) is 19.2 Å². The number of nitrogens with zero attached hydrogens (tertiary/aromatic N) is 1. The zero-order valence-electron chi connectivity index (χ0n) is 10.3. The zero-order valence-corrected chi connectivity index (χ0v) is 15.1. The van der Waals surface area contributed by atoms with Gasteiger partial charge in [-0.1, -0.05) is 43.5 Å². The van der Waals surface area contributed by atoms with Gasteiger partial charge in [0.05, 0.1) is 5.02 Å². The summed E-state index contributed by atoms with van der Waals surface area (Å²) < 4.78 is 27.0. The Morgan fingerprint density at radius 2 is 2.05 bits per heavy atom. The number of benzene rings is 1. The summed E-state index contributed by atoms with van der Waals surface area (Å²) in [6.07, 6.45) is 2.04. The van der Waals surface area contributed by atoms with Gasteiger partial charge in [-0.3, -0.25) is 0 Å². The van der Waals surface area contributed by atoms with Crippen LogP contribution in [0, 0.1) is 5.92 Å². The van der Waals surface area contributed by atoms with Crippen LogP contribution in [0.25, 0.3) is 0 Å². The summed E-state index contributed by atoms with van der Waals surface area (Å²) in [4.78, 5) is 0.694. The maximum atomic E-state index is 12.4. The fourth-order valence-electron chi connectivity index (χ4n) is 2.12. The summed E-state index contributed by atoms with van der Waals surface area (Å²) in [5, 5.41) is 0.244. The molecule has 2 rings (SSSR count). The molecule has 0 radical (unpaired) electrons. The maximum absolute atomic E-state index is 12.4. The van der Waals surface area contributed by atoms with Crippen LogP contribution < -0.4 is 0 Å². The molecule has 106 valence electrons. The molecule has 0 spiro atoms. The fourth-order valence-corrected chi connectivity index (χ4v) is 5.43. The van der Waals surface area contributed by atoms with Crippen LogP contribution in [0.15, 0.2) is 27.6 Å². The van der Waals surface area contributed by atoms with Gasteiger partial charge < -0.3 is 0 Å². The molecule has 0 amide bonds. The molecule has 1 aliphatic rings. The van der Waals surface area contributed by atoms with Gasteiger partial charge in [0, 0.05) is 22.9 Å². The third-order valence-electron chi connectivity index (χ3n) is 3.28. The average molecular weight is 432 g/mol. The Hall–Kier alpha value is 0.380. The van der Waals surface area contributed by atoms with Gasteiger partial charge in [0.15, 0.2) is 0 Å². The predicted octanol–water partition coefficient (Wildman–Crippen LogP) is 3.90. The molecular weight excluding hydrogens is 417 g/mol. The molecule has 1 fully saturated rings. The quantitative estimate of drug-likeness (QED) is 0.678. The van der Waals surface area contributed by atoms with E-state index >= 15 is 0 Å². The Balaban J connectivity index is 2.16. The summed E-state index contributed by atoms with van der Waals surface area (Å²) in [5.41, 5.74) is 0. The molecule has 0 saturated heterocycles. The first-order chi connectivity index (χ1) is 8.80. The van der Waals surface area contributed by atoms with Gasteiger partial charge in [0.2, 0.25) is 10.0 Å². The fraction of sp³-hybridized carbons (Fsp3) is 0.500. The van der Waals surface area contributed by atoms with E-state index in [0.29, 0.717) is 17.3 Å². The van der Waals surface area contributed by atoms with Crippen LogP contribution in [0.1, 0.15) is 12.8 Å². The highest BCUT2D eigenvalue weighted by atomic mass is 79.9. The van der Waals surface area contributed by atoms with E-state index in [1.807, 2.05) is 0 Å². The summed E-state index contributed by atoms with van der Waals surface area (Å²) >= 11 is 12.8. The van der Waals surface area contributed by atoms with Gasteiger partial charge in [0.25, 0.3) is 0 Å². The SMILES string of the molecule is CN(CC1CC(Br)C1)S(=O)(=O)c1ccc(Br)cc1Cl. The molecule has 1 aromatic rings. The van der Waals surface area contributed by atoms with E-state index in [1.165, 1.54) is 10.4 Å². The Morgan fingerprint density at radius 3 is 2.58 bits per heavy atom. The first-order valence-corrected chi connectivity index (χ1v) is 9.39. The van der Waals surface area contributed by atoms with Crippen molar-refractivity contribution in [3.8, 4) is 0 Å². The van der Waals surface area contributed by atoms with Crippen LogP contribution in [0.3, 0.4) is 0 Å². The second-order valence-corrected chi connectivity index (χ2v) is 9.43.